The monoisotopic (exact) mass is 226 g/mol. The van der Waals surface area contributed by atoms with Crippen LogP contribution in [-0.4, -0.2) is 16.8 Å². The number of rotatable bonds is 1. The zero-order valence-electron chi connectivity index (χ0n) is 8.07. The van der Waals surface area contributed by atoms with E-state index in [0.717, 1.165) is 16.2 Å². The number of carbonyl (C=O) groups is 1. The molecule has 2 rings (SSSR count). The molecule has 1 N–H and O–H groups in total. The van der Waals surface area contributed by atoms with Gasteiger partial charge in [-0.2, -0.15) is 0 Å². The average Bonchev–Trinajstić information content (AvgIpc) is 2.39. The molecule has 0 bridgehead atoms. The lowest BCUT2D eigenvalue weighted by Crippen LogP contribution is -2.16. The van der Waals surface area contributed by atoms with Crippen LogP contribution in [0.25, 0.3) is 0 Å². The predicted molar refractivity (Wildman–Crippen MR) is 56.6 cm³/mol. The van der Waals surface area contributed by atoms with Crippen molar-refractivity contribution in [2.24, 2.45) is 5.92 Å². The van der Waals surface area contributed by atoms with Crippen LogP contribution in [0, 0.1) is 11.7 Å². The van der Waals surface area contributed by atoms with Crippen LogP contribution in [0.1, 0.15) is 12.0 Å². The highest BCUT2D eigenvalue weighted by molar-refractivity contribution is 7.99. The minimum Gasteiger partial charge on any atom is -0.481 e. The highest BCUT2D eigenvalue weighted by Gasteiger charge is 2.22. The Kier molecular flexibility index (Phi) is 2.95. The van der Waals surface area contributed by atoms with Gasteiger partial charge in [0, 0.05) is 4.90 Å². The maximum Gasteiger partial charge on any atom is 0.306 e. The molecule has 0 aliphatic carbocycles. The first-order valence-electron chi connectivity index (χ1n) is 4.81. The van der Waals surface area contributed by atoms with Crippen molar-refractivity contribution in [1.29, 1.82) is 0 Å². The summed E-state index contributed by atoms with van der Waals surface area (Å²) >= 11 is 1.61. The van der Waals surface area contributed by atoms with Crippen LogP contribution in [0.5, 0.6) is 0 Å². The number of carboxylic acids is 1. The van der Waals surface area contributed by atoms with E-state index in [0.29, 0.717) is 12.8 Å². The van der Waals surface area contributed by atoms with E-state index in [1.165, 1.54) is 12.1 Å². The van der Waals surface area contributed by atoms with Gasteiger partial charge in [0.2, 0.25) is 0 Å². The van der Waals surface area contributed by atoms with E-state index in [-0.39, 0.29) is 11.7 Å². The van der Waals surface area contributed by atoms with Crippen molar-refractivity contribution in [1.82, 2.24) is 0 Å². The first-order chi connectivity index (χ1) is 7.16. The smallest absolute Gasteiger partial charge is 0.306 e. The lowest BCUT2D eigenvalue weighted by atomic mass is 9.97. The van der Waals surface area contributed by atoms with Crippen LogP contribution in [0.15, 0.2) is 23.1 Å². The topological polar surface area (TPSA) is 37.3 Å². The quantitative estimate of drug-likeness (QED) is 0.799. The van der Waals surface area contributed by atoms with E-state index in [1.807, 2.05) is 0 Å². The molecule has 1 aliphatic heterocycles. The molecule has 0 radical (unpaired) electrons. The molecule has 4 heteroatoms. The van der Waals surface area contributed by atoms with Crippen LogP contribution < -0.4 is 0 Å². The Labute approximate surface area is 91.5 Å². The van der Waals surface area contributed by atoms with Crippen molar-refractivity contribution in [2.75, 3.05) is 5.75 Å². The molecule has 1 aromatic carbocycles. The summed E-state index contributed by atoms with van der Waals surface area (Å²) < 4.78 is 13.0. The number of carboxylic acid groups (broad SMARTS) is 1. The van der Waals surface area contributed by atoms with Gasteiger partial charge in [0.1, 0.15) is 5.82 Å². The second-order valence-corrected chi connectivity index (χ2v) is 4.77. The lowest BCUT2D eigenvalue weighted by Gasteiger charge is -2.08. The van der Waals surface area contributed by atoms with E-state index in [1.54, 1.807) is 17.8 Å². The van der Waals surface area contributed by atoms with Gasteiger partial charge in [0.05, 0.1) is 5.92 Å². The van der Waals surface area contributed by atoms with Crippen molar-refractivity contribution in [3.63, 3.8) is 0 Å². The standard InChI is InChI=1S/C11H11FO2S/c12-9-1-2-10-8(6-9)5-7(11(13)14)3-4-15-10/h1-2,6-7H,3-5H2,(H,13,14). The molecular formula is C11H11FO2S. The Morgan fingerprint density at radius 3 is 3.07 bits per heavy atom. The van der Waals surface area contributed by atoms with Gasteiger partial charge >= 0.3 is 5.97 Å². The summed E-state index contributed by atoms with van der Waals surface area (Å²) in [5.74, 6) is -0.663. The molecule has 2 nitrogen and oxygen atoms in total. The summed E-state index contributed by atoms with van der Waals surface area (Å²) in [6.07, 6.45) is 1.09. The number of halogens is 1. The van der Waals surface area contributed by atoms with E-state index < -0.39 is 5.97 Å². The Morgan fingerprint density at radius 1 is 1.53 bits per heavy atom. The van der Waals surface area contributed by atoms with Crippen LogP contribution >= 0.6 is 11.8 Å². The summed E-state index contributed by atoms with van der Waals surface area (Å²) in [7, 11) is 0. The number of hydrogen-bond donors (Lipinski definition) is 1. The minimum absolute atomic E-state index is 0.291. The third kappa shape index (κ3) is 2.31. The Balaban J connectivity index is 2.31. The molecule has 1 aliphatic rings. The van der Waals surface area contributed by atoms with Gasteiger partial charge in [0.15, 0.2) is 0 Å². The van der Waals surface area contributed by atoms with Crippen LogP contribution in [0.2, 0.25) is 0 Å². The molecule has 0 aromatic heterocycles. The summed E-state index contributed by atoms with van der Waals surface area (Å²) in [6, 6.07) is 4.61. The van der Waals surface area contributed by atoms with Gasteiger partial charge < -0.3 is 5.11 Å². The third-order valence-corrected chi connectivity index (χ3v) is 3.71. The maximum atomic E-state index is 13.0. The van der Waals surface area contributed by atoms with Gasteiger partial charge in [-0.05, 0) is 42.4 Å². The molecule has 1 heterocycles. The van der Waals surface area contributed by atoms with E-state index in [9.17, 15) is 9.18 Å². The fourth-order valence-electron chi connectivity index (χ4n) is 1.74. The van der Waals surface area contributed by atoms with Gasteiger partial charge in [-0.1, -0.05) is 0 Å². The highest BCUT2D eigenvalue weighted by Crippen LogP contribution is 2.31. The third-order valence-electron chi connectivity index (χ3n) is 2.56. The Hall–Kier alpha value is -1.03. The summed E-state index contributed by atoms with van der Waals surface area (Å²) in [4.78, 5) is 11.9. The number of thioether (sulfide) groups is 1. The molecule has 1 aromatic rings. The second-order valence-electron chi connectivity index (χ2n) is 3.63. The Morgan fingerprint density at radius 2 is 2.33 bits per heavy atom. The van der Waals surface area contributed by atoms with Crippen molar-refractivity contribution >= 4 is 17.7 Å². The fourth-order valence-corrected chi connectivity index (χ4v) is 2.85. The zero-order valence-corrected chi connectivity index (χ0v) is 8.89. The number of fused-ring (bicyclic) bond motifs is 1. The number of aliphatic carboxylic acids is 1. The van der Waals surface area contributed by atoms with Crippen molar-refractivity contribution in [2.45, 2.75) is 17.7 Å². The maximum absolute atomic E-state index is 13.0. The van der Waals surface area contributed by atoms with Gasteiger partial charge in [-0.25, -0.2) is 4.39 Å². The minimum atomic E-state index is -0.785. The van der Waals surface area contributed by atoms with Gasteiger partial charge in [-0.3, -0.25) is 4.79 Å². The fraction of sp³-hybridized carbons (Fsp3) is 0.364. The summed E-state index contributed by atoms with van der Waals surface area (Å²) in [5.41, 5.74) is 0.824. The summed E-state index contributed by atoms with van der Waals surface area (Å²) in [6.45, 7) is 0. The molecule has 15 heavy (non-hydrogen) atoms. The number of hydrogen-bond acceptors (Lipinski definition) is 2. The molecule has 1 atom stereocenters. The molecular weight excluding hydrogens is 215 g/mol. The molecule has 80 valence electrons. The Bertz CT molecular complexity index is 392. The summed E-state index contributed by atoms with van der Waals surface area (Å²) in [5, 5.41) is 8.96. The van der Waals surface area contributed by atoms with Crippen LogP contribution in [0.3, 0.4) is 0 Å². The van der Waals surface area contributed by atoms with E-state index >= 15 is 0 Å². The molecule has 1 unspecified atom stereocenters. The van der Waals surface area contributed by atoms with Gasteiger partial charge in [-0.15, -0.1) is 11.8 Å². The lowest BCUT2D eigenvalue weighted by molar-refractivity contribution is -0.141. The normalized spacial score (nSPS) is 20.5. The molecule has 0 saturated carbocycles. The molecule has 0 spiro atoms. The molecule has 0 saturated heterocycles. The van der Waals surface area contributed by atoms with Crippen LogP contribution in [-0.2, 0) is 11.2 Å². The highest BCUT2D eigenvalue weighted by atomic mass is 32.2. The molecule has 0 amide bonds. The largest absolute Gasteiger partial charge is 0.481 e. The van der Waals surface area contributed by atoms with Crippen molar-refractivity contribution in [3.8, 4) is 0 Å². The van der Waals surface area contributed by atoms with E-state index in [2.05, 4.69) is 0 Å². The first kappa shape index (κ1) is 10.5. The van der Waals surface area contributed by atoms with Crippen molar-refractivity contribution in [3.05, 3.63) is 29.6 Å². The van der Waals surface area contributed by atoms with Crippen LogP contribution in [0.4, 0.5) is 4.39 Å². The van der Waals surface area contributed by atoms with Crippen molar-refractivity contribution < 1.29 is 14.3 Å². The zero-order chi connectivity index (χ0) is 10.8. The molecule has 0 fully saturated rings. The number of benzene rings is 1. The van der Waals surface area contributed by atoms with E-state index in [4.69, 9.17) is 5.11 Å². The first-order valence-corrected chi connectivity index (χ1v) is 5.79. The second kappa shape index (κ2) is 4.23. The average molecular weight is 226 g/mol. The van der Waals surface area contributed by atoms with Gasteiger partial charge in [0.25, 0.3) is 0 Å². The predicted octanol–water partition coefficient (Wildman–Crippen LogP) is 2.56. The SMILES string of the molecule is O=C(O)C1CCSc2ccc(F)cc2C1.